The minimum absolute atomic E-state index is 0.936. The fraction of sp³-hybridized carbons (Fsp3) is 0.0638. The average molecular weight is 614 g/mol. The van der Waals surface area contributed by atoms with E-state index < -0.39 is 0 Å². The summed E-state index contributed by atoms with van der Waals surface area (Å²) in [4.78, 5) is 2.50. The van der Waals surface area contributed by atoms with Crippen LogP contribution in [0.2, 0.25) is 0 Å². The third-order valence-corrected chi connectivity index (χ3v) is 10.1. The summed E-state index contributed by atoms with van der Waals surface area (Å²) >= 11 is 0. The molecule has 0 fully saturated rings. The highest BCUT2D eigenvalue weighted by Crippen LogP contribution is 2.47. The van der Waals surface area contributed by atoms with Crippen LogP contribution >= 0.6 is 0 Å². The number of nitrogens with zero attached hydrogens (tertiary/aromatic N) is 1. The van der Waals surface area contributed by atoms with Gasteiger partial charge in [-0.25, -0.2) is 0 Å². The molecular formula is C47H35N. The van der Waals surface area contributed by atoms with Crippen molar-refractivity contribution in [3.8, 4) is 22.3 Å². The molecule has 2 aliphatic rings. The standard InChI is InChI=1S/C47H35N/c1-3-13-33(14-4-1)34-25-27-38(28-26-34)48(47-24-11-19-35-17-7-10-21-41(35)47)39-29-30-44(45(32-39)36-15-5-2-6-16-36)43-23-12-22-42-40-20-9-8-18-37(40)31-46(42)43/h1-28,32H,29-31H2. The lowest BCUT2D eigenvalue weighted by atomic mass is 9.83. The molecule has 7 aromatic rings. The fourth-order valence-corrected chi connectivity index (χ4v) is 7.78. The molecule has 0 heterocycles. The summed E-state index contributed by atoms with van der Waals surface area (Å²) in [6.45, 7) is 0. The van der Waals surface area contributed by atoms with Gasteiger partial charge in [0.05, 0.1) is 5.69 Å². The minimum atomic E-state index is 0.936. The van der Waals surface area contributed by atoms with E-state index in [1.54, 1.807) is 0 Å². The lowest BCUT2D eigenvalue weighted by Crippen LogP contribution is -2.19. The summed E-state index contributed by atoms with van der Waals surface area (Å²) < 4.78 is 0. The monoisotopic (exact) mass is 613 g/mol. The van der Waals surface area contributed by atoms with Crippen molar-refractivity contribution in [3.05, 3.63) is 204 Å². The van der Waals surface area contributed by atoms with Gasteiger partial charge >= 0.3 is 0 Å². The average Bonchev–Trinajstić information content (AvgIpc) is 3.55. The van der Waals surface area contributed by atoms with Crippen molar-refractivity contribution in [1.82, 2.24) is 0 Å². The molecule has 0 spiro atoms. The van der Waals surface area contributed by atoms with Crippen LogP contribution < -0.4 is 4.90 Å². The number of fused-ring (bicyclic) bond motifs is 4. The number of hydrogen-bond acceptors (Lipinski definition) is 1. The first-order chi connectivity index (χ1) is 23.8. The molecule has 0 amide bonds. The highest BCUT2D eigenvalue weighted by atomic mass is 15.1. The molecule has 48 heavy (non-hydrogen) atoms. The predicted octanol–water partition coefficient (Wildman–Crippen LogP) is 12.5. The smallest absolute Gasteiger partial charge is 0.0536 e. The number of benzene rings is 7. The Balaban J connectivity index is 1.23. The zero-order valence-corrected chi connectivity index (χ0v) is 26.8. The first-order valence-corrected chi connectivity index (χ1v) is 16.9. The van der Waals surface area contributed by atoms with Crippen molar-refractivity contribution >= 4 is 33.3 Å². The van der Waals surface area contributed by atoms with Crippen LogP contribution in [-0.4, -0.2) is 0 Å². The van der Waals surface area contributed by atoms with Crippen LogP contribution in [0.4, 0.5) is 11.4 Å². The SMILES string of the molecule is C1=C(N(c2ccc(-c3ccccc3)cc2)c2cccc3ccccc23)CCC(c2cccc3c2Cc2ccccc2-3)=C1c1ccccc1. The summed E-state index contributed by atoms with van der Waals surface area (Å²) in [5.74, 6) is 0. The Kier molecular flexibility index (Phi) is 7.09. The topological polar surface area (TPSA) is 3.24 Å². The maximum atomic E-state index is 2.50. The molecule has 0 atom stereocenters. The molecule has 0 radical (unpaired) electrons. The fourth-order valence-electron chi connectivity index (χ4n) is 7.78. The molecule has 7 aromatic carbocycles. The molecular weight excluding hydrogens is 579 g/mol. The minimum Gasteiger partial charge on any atom is -0.314 e. The third kappa shape index (κ3) is 4.96. The molecule has 0 aromatic heterocycles. The lowest BCUT2D eigenvalue weighted by Gasteiger charge is -2.33. The molecule has 0 unspecified atom stereocenters. The maximum Gasteiger partial charge on any atom is 0.0536 e. The summed E-state index contributed by atoms with van der Waals surface area (Å²) in [5, 5.41) is 2.50. The Labute approximate surface area is 282 Å². The van der Waals surface area contributed by atoms with E-state index in [0.29, 0.717) is 0 Å². The van der Waals surface area contributed by atoms with Crippen molar-refractivity contribution in [2.75, 3.05) is 4.90 Å². The van der Waals surface area contributed by atoms with E-state index >= 15 is 0 Å². The van der Waals surface area contributed by atoms with Crippen molar-refractivity contribution in [1.29, 1.82) is 0 Å². The van der Waals surface area contributed by atoms with Gasteiger partial charge < -0.3 is 4.90 Å². The van der Waals surface area contributed by atoms with Gasteiger partial charge in [-0.1, -0.05) is 152 Å². The lowest BCUT2D eigenvalue weighted by molar-refractivity contribution is 0.933. The normalized spacial score (nSPS) is 13.6. The van der Waals surface area contributed by atoms with E-state index in [-0.39, 0.29) is 0 Å². The van der Waals surface area contributed by atoms with E-state index in [1.165, 1.54) is 83.5 Å². The van der Waals surface area contributed by atoms with E-state index in [9.17, 15) is 0 Å². The van der Waals surface area contributed by atoms with E-state index in [1.807, 2.05) is 0 Å². The molecule has 228 valence electrons. The van der Waals surface area contributed by atoms with Crippen LogP contribution in [0.25, 0.3) is 44.2 Å². The number of allylic oxidation sites excluding steroid dienone is 4. The number of anilines is 2. The van der Waals surface area contributed by atoms with Crippen LogP contribution in [-0.2, 0) is 6.42 Å². The summed E-state index contributed by atoms with van der Waals surface area (Å²) in [6, 6.07) is 62.0. The molecule has 2 aliphatic carbocycles. The second kappa shape index (κ2) is 12.0. The van der Waals surface area contributed by atoms with Crippen molar-refractivity contribution in [2.24, 2.45) is 0 Å². The first-order valence-electron chi connectivity index (χ1n) is 16.9. The van der Waals surface area contributed by atoms with Crippen LogP contribution in [0.3, 0.4) is 0 Å². The summed E-state index contributed by atoms with van der Waals surface area (Å²) in [5.41, 5.74) is 17.2. The quantitative estimate of drug-likeness (QED) is 0.180. The van der Waals surface area contributed by atoms with Gasteiger partial charge in [0.2, 0.25) is 0 Å². The number of rotatable bonds is 6. The Morgan fingerprint density at radius 2 is 1.06 bits per heavy atom. The molecule has 0 saturated heterocycles. The second-order valence-electron chi connectivity index (χ2n) is 12.8. The number of hydrogen-bond donors (Lipinski definition) is 0. The van der Waals surface area contributed by atoms with Gasteiger partial charge in [0.1, 0.15) is 0 Å². The molecule has 9 rings (SSSR count). The van der Waals surface area contributed by atoms with E-state index in [4.69, 9.17) is 0 Å². The maximum absolute atomic E-state index is 2.50. The second-order valence-corrected chi connectivity index (χ2v) is 12.8. The zero-order chi connectivity index (χ0) is 31.9. The van der Waals surface area contributed by atoms with Crippen LogP contribution in [0.15, 0.2) is 182 Å². The van der Waals surface area contributed by atoms with Crippen molar-refractivity contribution in [2.45, 2.75) is 19.3 Å². The van der Waals surface area contributed by atoms with Crippen molar-refractivity contribution < 1.29 is 0 Å². The zero-order valence-electron chi connectivity index (χ0n) is 26.8. The van der Waals surface area contributed by atoms with Gasteiger partial charge in [0.25, 0.3) is 0 Å². The highest BCUT2D eigenvalue weighted by Gasteiger charge is 2.27. The summed E-state index contributed by atoms with van der Waals surface area (Å²) in [6.07, 6.45) is 5.36. The van der Waals surface area contributed by atoms with Crippen LogP contribution in [0.5, 0.6) is 0 Å². The Hall–Kier alpha value is -5.92. The van der Waals surface area contributed by atoms with Crippen LogP contribution in [0.1, 0.15) is 35.1 Å². The largest absolute Gasteiger partial charge is 0.314 e. The van der Waals surface area contributed by atoms with Gasteiger partial charge in [-0.3, -0.25) is 0 Å². The van der Waals surface area contributed by atoms with Gasteiger partial charge in [0, 0.05) is 16.8 Å². The molecule has 1 nitrogen and oxygen atoms in total. The molecule has 0 N–H and O–H groups in total. The molecule has 0 aliphatic heterocycles. The van der Waals surface area contributed by atoms with E-state index in [0.717, 1.165) is 19.3 Å². The molecule has 1 heteroatoms. The molecule has 0 saturated carbocycles. The Bertz CT molecular complexity index is 2340. The third-order valence-electron chi connectivity index (χ3n) is 10.1. The summed E-state index contributed by atoms with van der Waals surface area (Å²) in [7, 11) is 0. The van der Waals surface area contributed by atoms with E-state index in [2.05, 4.69) is 181 Å². The molecule has 0 bridgehead atoms. The highest BCUT2D eigenvalue weighted by molar-refractivity contribution is 6.02. The Morgan fingerprint density at radius 1 is 0.438 bits per heavy atom. The van der Waals surface area contributed by atoms with Gasteiger partial charge in [-0.2, -0.15) is 0 Å². The first kappa shape index (κ1) is 28.3. The van der Waals surface area contributed by atoms with Crippen LogP contribution in [0, 0.1) is 0 Å². The Morgan fingerprint density at radius 3 is 1.90 bits per heavy atom. The predicted molar refractivity (Wildman–Crippen MR) is 203 cm³/mol. The van der Waals surface area contributed by atoms with Gasteiger partial charge in [-0.15, -0.1) is 0 Å². The van der Waals surface area contributed by atoms with Crippen molar-refractivity contribution in [3.63, 3.8) is 0 Å². The van der Waals surface area contributed by atoms with Gasteiger partial charge in [-0.05, 0) is 105 Å². The van der Waals surface area contributed by atoms with Gasteiger partial charge in [0.15, 0.2) is 0 Å².